The zero-order chi connectivity index (χ0) is 10.7. The first-order valence-corrected chi connectivity index (χ1v) is 4.73. The molecule has 3 nitrogen and oxygen atoms in total. The topological polar surface area (TPSA) is 48.9 Å². The molecule has 76 valence electrons. The van der Waals surface area contributed by atoms with Crippen molar-refractivity contribution in [1.29, 1.82) is 0 Å². The van der Waals surface area contributed by atoms with Crippen molar-refractivity contribution in [2.45, 2.75) is 6.92 Å². The molecule has 0 bridgehead atoms. The molecule has 0 unspecified atom stereocenters. The Bertz CT molecular complexity index is 469. The van der Waals surface area contributed by atoms with Crippen molar-refractivity contribution in [2.24, 2.45) is 0 Å². The van der Waals surface area contributed by atoms with E-state index in [0.717, 1.165) is 17.0 Å². The lowest BCUT2D eigenvalue weighted by Crippen LogP contribution is -1.73. The number of aromatic amines is 1. The van der Waals surface area contributed by atoms with E-state index < -0.39 is 0 Å². The average Bonchev–Trinajstić information content (AvgIpc) is 2.64. The van der Waals surface area contributed by atoms with Crippen LogP contribution in [0.2, 0.25) is 0 Å². The fourth-order valence-corrected chi connectivity index (χ4v) is 1.30. The summed E-state index contributed by atoms with van der Waals surface area (Å²) in [4.78, 5) is 0. The van der Waals surface area contributed by atoms with Crippen molar-refractivity contribution in [1.82, 2.24) is 10.2 Å². The normalized spacial score (nSPS) is 11.0. The van der Waals surface area contributed by atoms with E-state index in [1.54, 1.807) is 12.1 Å². The maximum Gasteiger partial charge on any atom is 0.115 e. The molecule has 0 radical (unpaired) electrons. The Morgan fingerprint density at radius 2 is 1.93 bits per heavy atom. The van der Waals surface area contributed by atoms with Crippen molar-refractivity contribution in [3.8, 4) is 5.75 Å². The predicted molar refractivity (Wildman–Crippen MR) is 60.4 cm³/mol. The van der Waals surface area contributed by atoms with Crippen molar-refractivity contribution >= 4 is 12.2 Å². The van der Waals surface area contributed by atoms with Crippen LogP contribution < -0.4 is 0 Å². The lowest BCUT2D eigenvalue weighted by molar-refractivity contribution is 0.475. The van der Waals surface area contributed by atoms with Gasteiger partial charge in [0, 0.05) is 0 Å². The van der Waals surface area contributed by atoms with Crippen LogP contribution in [0.1, 0.15) is 17.0 Å². The number of aromatic nitrogens is 2. The first-order valence-electron chi connectivity index (χ1n) is 4.73. The lowest BCUT2D eigenvalue weighted by atomic mass is 10.2. The number of aromatic hydroxyl groups is 1. The standard InChI is InChI=1S/C12H12N2O/c1-9-8-11(14-13-9)5-2-10-3-6-12(15)7-4-10/h2-8,15H,1H3,(H,13,14)/b5-2+. The summed E-state index contributed by atoms with van der Waals surface area (Å²) in [5, 5.41) is 16.0. The largest absolute Gasteiger partial charge is 0.508 e. The number of nitrogens with zero attached hydrogens (tertiary/aromatic N) is 1. The molecule has 2 rings (SSSR count). The number of H-pyrrole nitrogens is 1. The molecule has 0 saturated heterocycles. The molecule has 2 aromatic rings. The van der Waals surface area contributed by atoms with Crippen LogP contribution in [0.4, 0.5) is 0 Å². The Kier molecular flexibility index (Phi) is 2.54. The average molecular weight is 200 g/mol. The van der Waals surface area contributed by atoms with Crippen LogP contribution >= 0.6 is 0 Å². The molecule has 0 fully saturated rings. The Morgan fingerprint density at radius 3 is 2.53 bits per heavy atom. The van der Waals surface area contributed by atoms with Gasteiger partial charge in [0.1, 0.15) is 5.75 Å². The van der Waals surface area contributed by atoms with E-state index in [0.29, 0.717) is 0 Å². The van der Waals surface area contributed by atoms with Gasteiger partial charge in [0.2, 0.25) is 0 Å². The van der Waals surface area contributed by atoms with E-state index in [9.17, 15) is 0 Å². The van der Waals surface area contributed by atoms with E-state index >= 15 is 0 Å². The molecule has 0 aliphatic carbocycles. The number of benzene rings is 1. The fraction of sp³-hybridized carbons (Fsp3) is 0.0833. The third kappa shape index (κ3) is 2.47. The highest BCUT2D eigenvalue weighted by atomic mass is 16.3. The molecule has 0 saturated carbocycles. The van der Waals surface area contributed by atoms with Crippen LogP contribution in [-0.2, 0) is 0 Å². The van der Waals surface area contributed by atoms with E-state index in [1.807, 2.05) is 37.3 Å². The second kappa shape index (κ2) is 4.00. The molecule has 0 atom stereocenters. The van der Waals surface area contributed by atoms with Gasteiger partial charge in [-0.25, -0.2) is 0 Å². The SMILES string of the molecule is Cc1cc(/C=C/c2ccc(O)cc2)[nH]n1. The third-order valence-corrected chi connectivity index (χ3v) is 2.07. The highest BCUT2D eigenvalue weighted by molar-refractivity contribution is 5.68. The minimum Gasteiger partial charge on any atom is -0.508 e. The van der Waals surface area contributed by atoms with E-state index in [2.05, 4.69) is 10.2 Å². The van der Waals surface area contributed by atoms with Gasteiger partial charge < -0.3 is 5.11 Å². The first kappa shape index (κ1) is 9.52. The summed E-state index contributed by atoms with van der Waals surface area (Å²) < 4.78 is 0. The molecule has 1 aromatic heterocycles. The smallest absolute Gasteiger partial charge is 0.115 e. The quantitative estimate of drug-likeness (QED) is 0.782. The number of phenols is 1. The number of nitrogens with one attached hydrogen (secondary N) is 1. The summed E-state index contributed by atoms with van der Waals surface area (Å²) >= 11 is 0. The molecule has 1 heterocycles. The monoisotopic (exact) mass is 200 g/mol. The van der Waals surface area contributed by atoms with Gasteiger partial charge in [-0.05, 0) is 36.8 Å². The minimum absolute atomic E-state index is 0.282. The van der Waals surface area contributed by atoms with Gasteiger partial charge in [-0.1, -0.05) is 18.2 Å². The van der Waals surface area contributed by atoms with E-state index in [1.165, 1.54) is 0 Å². The first-order chi connectivity index (χ1) is 7.24. The van der Waals surface area contributed by atoms with Gasteiger partial charge in [0.05, 0.1) is 11.4 Å². The van der Waals surface area contributed by atoms with Gasteiger partial charge in [0.25, 0.3) is 0 Å². The molecule has 0 aliphatic rings. The third-order valence-electron chi connectivity index (χ3n) is 2.07. The van der Waals surface area contributed by atoms with Crippen LogP contribution in [0, 0.1) is 6.92 Å². The van der Waals surface area contributed by atoms with Crippen LogP contribution in [0.5, 0.6) is 5.75 Å². The Hall–Kier alpha value is -2.03. The molecule has 0 aliphatic heterocycles. The highest BCUT2D eigenvalue weighted by Crippen LogP contribution is 2.12. The second-order valence-electron chi connectivity index (χ2n) is 3.39. The summed E-state index contributed by atoms with van der Waals surface area (Å²) in [5.41, 5.74) is 2.99. The number of aryl methyl sites for hydroxylation is 1. The molecule has 0 amide bonds. The molecule has 15 heavy (non-hydrogen) atoms. The van der Waals surface area contributed by atoms with E-state index in [-0.39, 0.29) is 5.75 Å². The lowest BCUT2D eigenvalue weighted by Gasteiger charge is -1.93. The van der Waals surface area contributed by atoms with Crippen LogP contribution in [0.25, 0.3) is 12.2 Å². The van der Waals surface area contributed by atoms with Crippen molar-refractivity contribution in [3.63, 3.8) is 0 Å². The van der Waals surface area contributed by atoms with Gasteiger partial charge in [0.15, 0.2) is 0 Å². The maximum absolute atomic E-state index is 9.10. The van der Waals surface area contributed by atoms with Crippen LogP contribution in [-0.4, -0.2) is 15.3 Å². The van der Waals surface area contributed by atoms with Crippen LogP contribution in [0.15, 0.2) is 30.3 Å². The summed E-state index contributed by atoms with van der Waals surface area (Å²) in [6, 6.07) is 9.01. The van der Waals surface area contributed by atoms with Crippen molar-refractivity contribution in [3.05, 3.63) is 47.3 Å². The molecule has 2 N–H and O–H groups in total. The zero-order valence-electron chi connectivity index (χ0n) is 8.44. The molecule has 1 aromatic carbocycles. The Labute approximate surface area is 88.1 Å². The maximum atomic E-state index is 9.10. The van der Waals surface area contributed by atoms with Crippen molar-refractivity contribution in [2.75, 3.05) is 0 Å². The zero-order valence-corrected chi connectivity index (χ0v) is 8.44. The highest BCUT2D eigenvalue weighted by Gasteiger charge is 1.92. The number of hydrogen-bond acceptors (Lipinski definition) is 2. The molecule has 0 spiro atoms. The molecular formula is C12H12N2O. The van der Waals surface area contributed by atoms with Gasteiger partial charge in [-0.2, -0.15) is 5.10 Å². The summed E-state index contributed by atoms with van der Waals surface area (Å²) in [6.07, 6.45) is 3.92. The summed E-state index contributed by atoms with van der Waals surface area (Å²) in [7, 11) is 0. The summed E-state index contributed by atoms with van der Waals surface area (Å²) in [6.45, 7) is 1.94. The second-order valence-corrected chi connectivity index (χ2v) is 3.39. The van der Waals surface area contributed by atoms with Crippen molar-refractivity contribution < 1.29 is 5.11 Å². The Morgan fingerprint density at radius 1 is 1.20 bits per heavy atom. The number of phenolic OH excluding ortho intramolecular Hbond substituents is 1. The van der Waals surface area contributed by atoms with Gasteiger partial charge >= 0.3 is 0 Å². The number of hydrogen-bond donors (Lipinski definition) is 2. The van der Waals surface area contributed by atoms with E-state index in [4.69, 9.17) is 5.11 Å². The minimum atomic E-state index is 0.282. The molecule has 3 heteroatoms. The van der Waals surface area contributed by atoms with Crippen LogP contribution in [0.3, 0.4) is 0 Å². The fourth-order valence-electron chi connectivity index (χ4n) is 1.30. The van der Waals surface area contributed by atoms with Gasteiger partial charge in [-0.15, -0.1) is 0 Å². The Balaban J connectivity index is 2.14. The number of rotatable bonds is 2. The van der Waals surface area contributed by atoms with Gasteiger partial charge in [-0.3, -0.25) is 5.10 Å². The summed E-state index contributed by atoms with van der Waals surface area (Å²) in [5.74, 6) is 0.282. The predicted octanol–water partition coefficient (Wildman–Crippen LogP) is 2.59. The molecular weight excluding hydrogens is 188 g/mol.